The number of aromatic nitrogens is 3. The summed E-state index contributed by atoms with van der Waals surface area (Å²) in [6.07, 6.45) is 0. The average molecular weight is 367 g/mol. The first-order chi connectivity index (χ1) is 11.7. The number of halogens is 1. The van der Waals surface area contributed by atoms with Gasteiger partial charge in [0.2, 0.25) is 0 Å². The van der Waals surface area contributed by atoms with E-state index in [2.05, 4.69) is 49.6 Å². The molecule has 138 valence electrons. The average Bonchev–Trinajstić information content (AvgIpc) is 2.95. The zero-order valence-electron chi connectivity index (χ0n) is 15.8. The van der Waals surface area contributed by atoms with Crippen molar-refractivity contribution in [2.24, 2.45) is 11.8 Å². The van der Waals surface area contributed by atoms with Crippen LogP contribution in [-0.4, -0.2) is 39.8 Å². The molecule has 0 N–H and O–H groups in total. The lowest BCUT2D eigenvalue weighted by molar-refractivity contribution is 0.0519. The molecule has 6 nitrogen and oxygen atoms in total. The number of ether oxygens (including phenoxy) is 1. The molecule has 0 unspecified atom stereocenters. The normalized spacial score (nSPS) is 12.8. The predicted octanol–water partition coefficient (Wildman–Crippen LogP) is 4.07. The van der Waals surface area contributed by atoms with E-state index in [4.69, 9.17) is 16.3 Å². The van der Waals surface area contributed by atoms with Crippen LogP contribution in [0.4, 0.5) is 5.82 Å². The van der Waals surface area contributed by atoms with Gasteiger partial charge in [0.15, 0.2) is 11.3 Å². The van der Waals surface area contributed by atoms with Gasteiger partial charge in [-0.05, 0) is 25.7 Å². The quantitative estimate of drug-likeness (QED) is 0.546. The topological polar surface area (TPSA) is 59.7 Å². The first kappa shape index (κ1) is 19.5. The van der Waals surface area contributed by atoms with E-state index < -0.39 is 5.97 Å². The van der Waals surface area contributed by atoms with Crippen molar-refractivity contribution in [2.75, 3.05) is 18.1 Å². The molecule has 1 atom stereocenters. The highest BCUT2D eigenvalue weighted by Crippen LogP contribution is 2.26. The zero-order valence-corrected chi connectivity index (χ0v) is 16.5. The second-order valence-electron chi connectivity index (χ2n) is 6.99. The summed E-state index contributed by atoms with van der Waals surface area (Å²) in [7, 11) is 0. The van der Waals surface area contributed by atoms with Crippen molar-refractivity contribution in [3.05, 3.63) is 23.0 Å². The van der Waals surface area contributed by atoms with Gasteiger partial charge >= 0.3 is 5.97 Å². The van der Waals surface area contributed by atoms with Gasteiger partial charge in [-0.15, -0.1) is 0 Å². The fourth-order valence-corrected chi connectivity index (χ4v) is 2.84. The van der Waals surface area contributed by atoms with Crippen LogP contribution in [0.15, 0.2) is 12.1 Å². The summed E-state index contributed by atoms with van der Waals surface area (Å²) in [5, 5.41) is 4.80. The SMILES string of the molecule is CCOC(=O)c1cc2nc(Cl)cc(N(CC(C)C)[C@H](C)C(C)C)n2n1. The van der Waals surface area contributed by atoms with Crippen molar-refractivity contribution >= 4 is 29.0 Å². The monoisotopic (exact) mass is 366 g/mol. The maximum Gasteiger partial charge on any atom is 0.358 e. The number of rotatable bonds is 7. The molecule has 0 saturated heterocycles. The van der Waals surface area contributed by atoms with Gasteiger partial charge in [-0.1, -0.05) is 39.3 Å². The van der Waals surface area contributed by atoms with E-state index in [1.165, 1.54) is 0 Å². The van der Waals surface area contributed by atoms with Gasteiger partial charge < -0.3 is 9.64 Å². The van der Waals surface area contributed by atoms with Crippen LogP contribution in [0.3, 0.4) is 0 Å². The molecule has 0 aliphatic rings. The number of fused-ring (bicyclic) bond motifs is 1. The second kappa shape index (κ2) is 8.04. The fraction of sp³-hybridized carbons (Fsp3) is 0.611. The molecule has 0 aliphatic carbocycles. The standard InChI is InChI=1S/C18H27ClN4O2/c1-7-25-18(24)14-8-16-20-15(19)9-17(23(16)21-14)22(10-11(2)3)13(6)12(4)5/h8-9,11-13H,7,10H2,1-6H3/t13-/m1/s1. The van der Waals surface area contributed by atoms with Crippen LogP contribution in [-0.2, 0) is 4.74 Å². The third kappa shape index (κ3) is 4.42. The number of hydrogen-bond acceptors (Lipinski definition) is 5. The van der Waals surface area contributed by atoms with E-state index in [0.29, 0.717) is 29.2 Å². The van der Waals surface area contributed by atoms with Gasteiger partial charge in [-0.25, -0.2) is 9.78 Å². The van der Waals surface area contributed by atoms with E-state index in [1.807, 2.05) is 0 Å². The summed E-state index contributed by atoms with van der Waals surface area (Å²) >= 11 is 6.24. The molecule has 0 aromatic carbocycles. The highest BCUT2D eigenvalue weighted by Gasteiger charge is 2.24. The minimum atomic E-state index is -0.456. The highest BCUT2D eigenvalue weighted by atomic mass is 35.5. The molecule has 0 spiro atoms. The molecule has 0 aliphatic heterocycles. The van der Waals surface area contributed by atoms with E-state index >= 15 is 0 Å². The van der Waals surface area contributed by atoms with E-state index in [-0.39, 0.29) is 11.7 Å². The Bertz CT molecular complexity index is 742. The maximum absolute atomic E-state index is 12.0. The minimum absolute atomic E-state index is 0.236. The zero-order chi connectivity index (χ0) is 18.7. The van der Waals surface area contributed by atoms with Crippen LogP contribution in [0, 0.1) is 11.8 Å². The van der Waals surface area contributed by atoms with Crippen LogP contribution < -0.4 is 4.90 Å². The molecule has 7 heteroatoms. The Morgan fingerprint density at radius 1 is 1.28 bits per heavy atom. The van der Waals surface area contributed by atoms with E-state index in [9.17, 15) is 4.79 Å². The number of hydrogen-bond donors (Lipinski definition) is 0. The van der Waals surface area contributed by atoms with Gasteiger partial charge in [0.05, 0.1) is 6.61 Å². The third-order valence-electron chi connectivity index (χ3n) is 4.17. The third-order valence-corrected chi connectivity index (χ3v) is 4.37. The van der Waals surface area contributed by atoms with Gasteiger partial charge in [0.1, 0.15) is 11.0 Å². The molecule has 0 bridgehead atoms. The molecular weight excluding hydrogens is 340 g/mol. The number of anilines is 1. The Balaban J connectivity index is 2.58. The molecule has 2 aromatic heterocycles. The summed E-state index contributed by atoms with van der Waals surface area (Å²) in [6, 6.07) is 3.69. The lowest BCUT2D eigenvalue weighted by atomic mass is 10.0. The van der Waals surface area contributed by atoms with Crippen molar-refractivity contribution < 1.29 is 9.53 Å². The lowest BCUT2D eigenvalue weighted by Gasteiger charge is -2.35. The lowest BCUT2D eigenvalue weighted by Crippen LogP contribution is -2.40. The fourth-order valence-electron chi connectivity index (χ4n) is 2.66. The Kier molecular flexibility index (Phi) is 6.27. The Morgan fingerprint density at radius 2 is 1.96 bits per heavy atom. The molecule has 0 saturated carbocycles. The van der Waals surface area contributed by atoms with Crippen molar-refractivity contribution in [2.45, 2.75) is 47.6 Å². The predicted molar refractivity (Wildman–Crippen MR) is 100 cm³/mol. The summed E-state index contributed by atoms with van der Waals surface area (Å²) in [5.41, 5.74) is 0.773. The van der Waals surface area contributed by atoms with Crippen molar-refractivity contribution in [3.8, 4) is 0 Å². The molecule has 0 radical (unpaired) electrons. The van der Waals surface area contributed by atoms with Crippen LogP contribution in [0.1, 0.15) is 52.0 Å². The van der Waals surface area contributed by atoms with Gasteiger partial charge in [0.25, 0.3) is 0 Å². The highest BCUT2D eigenvalue weighted by molar-refractivity contribution is 6.29. The van der Waals surface area contributed by atoms with E-state index in [1.54, 1.807) is 23.6 Å². The first-order valence-corrected chi connectivity index (χ1v) is 9.12. The Morgan fingerprint density at radius 3 is 2.52 bits per heavy atom. The first-order valence-electron chi connectivity index (χ1n) is 8.74. The van der Waals surface area contributed by atoms with Gasteiger partial charge in [-0.2, -0.15) is 9.61 Å². The number of carbonyl (C=O) groups is 1. The minimum Gasteiger partial charge on any atom is -0.461 e. The number of esters is 1. The summed E-state index contributed by atoms with van der Waals surface area (Å²) < 4.78 is 6.73. The Labute approximate surface area is 154 Å². The van der Waals surface area contributed by atoms with Crippen LogP contribution in [0.25, 0.3) is 5.65 Å². The Hall–Kier alpha value is -1.82. The van der Waals surface area contributed by atoms with Gasteiger partial charge in [0, 0.05) is 24.7 Å². The molecule has 2 heterocycles. The van der Waals surface area contributed by atoms with Crippen LogP contribution >= 0.6 is 11.6 Å². The number of carbonyl (C=O) groups excluding carboxylic acids is 1. The molecule has 0 amide bonds. The van der Waals surface area contributed by atoms with E-state index in [0.717, 1.165) is 12.4 Å². The molecule has 0 fully saturated rings. The maximum atomic E-state index is 12.0. The largest absolute Gasteiger partial charge is 0.461 e. The summed E-state index contributed by atoms with van der Waals surface area (Å²) in [5.74, 6) is 1.28. The molecule has 25 heavy (non-hydrogen) atoms. The number of nitrogens with zero attached hydrogens (tertiary/aromatic N) is 4. The van der Waals surface area contributed by atoms with Crippen LogP contribution in [0.2, 0.25) is 5.15 Å². The van der Waals surface area contributed by atoms with Crippen molar-refractivity contribution in [3.63, 3.8) is 0 Å². The van der Waals surface area contributed by atoms with Crippen LogP contribution in [0.5, 0.6) is 0 Å². The smallest absolute Gasteiger partial charge is 0.358 e. The van der Waals surface area contributed by atoms with Crippen molar-refractivity contribution in [1.29, 1.82) is 0 Å². The molecule has 2 aromatic rings. The summed E-state index contributed by atoms with van der Waals surface area (Å²) in [6.45, 7) is 13.8. The summed E-state index contributed by atoms with van der Waals surface area (Å²) in [4.78, 5) is 18.6. The molecular formula is C18H27ClN4O2. The van der Waals surface area contributed by atoms with Crippen molar-refractivity contribution in [1.82, 2.24) is 14.6 Å². The van der Waals surface area contributed by atoms with Gasteiger partial charge in [-0.3, -0.25) is 0 Å². The molecule has 2 rings (SSSR count). The second-order valence-corrected chi connectivity index (χ2v) is 7.38.